The highest BCUT2D eigenvalue weighted by molar-refractivity contribution is 4.81. The number of aliphatic hydroxyl groups excluding tert-OH is 1. The molecule has 74 valence electrons. The average molecular weight is 184 g/mol. The molecule has 0 aliphatic rings. The molecular weight excluding hydrogens is 168 g/mol. The van der Waals surface area contributed by atoms with Crippen LogP contribution in [0.5, 0.6) is 0 Å². The van der Waals surface area contributed by atoms with Gasteiger partial charge in [0.2, 0.25) is 0 Å². The maximum atomic E-state index is 11.5. The van der Waals surface area contributed by atoms with Crippen molar-refractivity contribution in [3.8, 4) is 0 Å². The summed E-state index contributed by atoms with van der Waals surface area (Å²) >= 11 is 0. The van der Waals surface area contributed by atoms with Crippen LogP contribution >= 0.6 is 0 Å². The molecule has 0 aromatic carbocycles. The van der Waals surface area contributed by atoms with E-state index in [2.05, 4.69) is 0 Å². The zero-order valence-corrected chi connectivity index (χ0v) is 8.10. The molecule has 1 unspecified atom stereocenters. The standard InChI is InChI=1S/C9H16N2O2/c1-3-8(12)7-11-6-5-10(4-2)9(11)13/h5-6,8,12H,3-4,7H2,1-2H3. The van der Waals surface area contributed by atoms with E-state index in [1.165, 1.54) is 4.57 Å². The van der Waals surface area contributed by atoms with Crippen molar-refractivity contribution in [3.05, 3.63) is 22.9 Å². The Bertz CT molecular complexity index is 314. The largest absolute Gasteiger partial charge is 0.391 e. The van der Waals surface area contributed by atoms with Gasteiger partial charge in [0.15, 0.2) is 0 Å². The minimum atomic E-state index is -0.426. The van der Waals surface area contributed by atoms with Gasteiger partial charge < -0.3 is 5.11 Å². The molecule has 4 heteroatoms. The topological polar surface area (TPSA) is 47.2 Å². The van der Waals surface area contributed by atoms with Crippen molar-refractivity contribution < 1.29 is 5.11 Å². The number of nitrogens with zero attached hydrogens (tertiary/aromatic N) is 2. The number of rotatable bonds is 4. The molecule has 0 radical (unpaired) electrons. The Morgan fingerprint density at radius 2 is 2.00 bits per heavy atom. The zero-order valence-electron chi connectivity index (χ0n) is 8.10. The van der Waals surface area contributed by atoms with Crippen LogP contribution in [0, 0.1) is 0 Å². The molecule has 1 aromatic heterocycles. The molecule has 0 spiro atoms. The van der Waals surface area contributed by atoms with E-state index in [4.69, 9.17) is 0 Å². The molecule has 0 saturated carbocycles. The highest BCUT2D eigenvalue weighted by Gasteiger charge is 2.05. The number of hydrogen-bond donors (Lipinski definition) is 1. The van der Waals surface area contributed by atoms with Gasteiger partial charge in [-0.05, 0) is 13.3 Å². The first-order valence-electron chi connectivity index (χ1n) is 4.62. The van der Waals surface area contributed by atoms with Gasteiger partial charge >= 0.3 is 5.69 Å². The lowest BCUT2D eigenvalue weighted by Gasteiger charge is -2.06. The second-order valence-electron chi connectivity index (χ2n) is 3.08. The van der Waals surface area contributed by atoms with Crippen molar-refractivity contribution in [2.45, 2.75) is 39.5 Å². The van der Waals surface area contributed by atoms with E-state index in [-0.39, 0.29) is 5.69 Å². The number of imidazole rings is 1. The molecule has 1 rings (SSSR count). The lowest BCUT2D eigenvalue weighted by atomic mass is 10.3. The molecule has 1 N–H and O–H groups in total. The van der Waals surface area contributed by atoms with Crippen molar-refractivity contribution >= 4 is 0 Å². The lowest BCUT2D eigenvalue weighted by Crippen LogP contribution is -2.27. The second-order valence-corrected chi connectivity index (χ2v) is 3.08. The molecule has 1 atom stereocenters. The van der Waals surface area contributed by atoms with E-state index in [0.29, 0.717) is 19.5 Å². The lowest BCUT2D eigenvalue weighted by molar-refractivity contribution is 0.148. The van der Waals surface area contributed by atoms with Gasteiger partial charge in [-0.1, -0.05) is 6.92 Å². The molecule has 0 amide bonds. The van der Waals surface area contributed by atoms with Crippen LogP contribution in [0.2, 0.25) is 0 Å². The summed E-state index contributed by atoms with van der Waals surface area (Å²) in [5.74, 6) is 0. The van der Waals surface area contributed by atoms with Crippen molar-refractivity contribution in [3.63, 3.8) is 0 Å². The van der Waals surface area contributed by atoms with Crippen LogP contribution in [-0.4, -0.2) is 20.3 Å². The minimum Gasteiger partial charge on any atom is -0.391 e. The van der Waals surface area contributed by atoms with Crippen LogP contribution in [0.4, 0.5) is 0 Å². The van der Waals surface area contributed by atoms with Gasteiger partial charge in [0, 0.05) is 18.9 Å². The first kappa shape index (κ1) is 10.1. The number of aromatic nitrogens is 2. The Kier molecular flexibility index (Phi) is 3.31. The Morgan fingerprint density at radius 3 is 2.46 bits per heavy atom. The maximum absolute atomic E-state index is 11.5. The second kappa shape index (κ2) is 4.28. The maximum Gasteiger partial charge on any atom is 0.328 e. The van der Waals surface area contributed by atoms with E-state index in [1.807, 2.05) is 13.8 Å². The van der Waals surface area contributed by atoms with Crippen LogP contribution in [0.25, 0.3) is 0 Å². The van der Waals surface area contributed by atoms with Crippen molar-refractivity contribution in [2.24, 2.45) is 0 Å². The minimum absolute atomic E-state index is 0.0463. The SMILES string of the molecule is CCC(O)Cn1ccn(CC)c1=O. The molecule has 0 fully saturated rings. The molecule has 1 aromatic rings. The van der Waals surface area contributed by atoms with Gasteiger partial charge in [-0.2, -0.15) is 0 Å². The molecule has 0 bridgehead atoms. The van der Waals surface area contributed by atoms with Gasteiger partial charge in [-0.15, -0.1) is 0 Å². The third-order valence-corrected chi connectivity index (χ3v) is 2.14. The zero-order chi connectivity index (χ0) is 9.84. The normalized spacial score (nSPS) is 13.2. The molecule has 0 aliphatic heterocycles. The summed E-state index contributed by atoms with van der Waals surface area (Å²) in [6.07, 6.45) is 3.70. The number of aliphatic hydroxyl groups is 1. The summed E-state index contributed by atoms with van der Waals surface area (Å²) in [7, 11) is 0. The fourth-order valence-corrected chi connectivity index (χ4v) is 1.19. The van der Waals surface area contributed by atoms with E-state index in [1.54, 1.807) is 17.0 Å². The highest BCUT2D eigenvalue weighted by atomic mass is 16.3. The number of hydrogen-bond acceptors (Lipinski definition) is 2. The quantitative estimate of drug-likeness (QED) is 0.738. The Hall–Kier alpha value is -1.03. The average Bonchev–Trinajstić information content (AvgIpc) is 2.48. The summed E-state index contributed by atoms with van der Waals surface area (Å²) in [6, 6.07) is 0. The Morgan fingerprint density at radius 1 is 1.38 bits per heavy atom. The molecule has 1 heterocycles. The Labute approximate surface area is 77.4 Å². The summed E-state index contributed by atoms with van der Waals surface area (Å²) in [6.45, 7) is 4.88. The van der Waals surface area contributed by atoms with E-state index >= 15 is 0 Å². The predicted octanol–water partition coefficient (Wildman–Crippen LogP) is 0.441. The summed E-state index contributed by atoms with van der Waals surface area (Å²) < 4.78 is 3.15. The molecule has 13 heavy (non-hydrogen) atoms. The van der Waals surface area contributed by atoms with E-state index in [9.17, 15) is 9.90 Å². The van der Waals surface area contributed by atoms with Gasteiger partial charge in [0.25, 0.3) is 0 Å². The predicted molar refractivity (Wildman–Crippen MR) is 50.7 cm³/mol. The van der Waals surface area contributed by atoms with Gasteiger partial charge in [0.1, 0.15) is 0 Å². The third kappa shape index (κ3) is 2.21. The van der Waals surface area contributed by atoms with Gasteiger partial charge in [-0.25, -0.2) is 4.79 Å². The molecular formula is C9H16N2O2. The van der Waals surface area contributed by atoms with Crippen molar-refractivity contribution in [1.82, 2.24) is 9.13 Å². The highest BCUT2D eigenvalue weighted by Crippen LogP contribution is 1.94. The molecule has 4 nitrogen and oxygen atoms in total. The smallest absolute Gasteiger partial charge is 0.328 e. The third-order valence-electron chi connectivity index (χ3n) is 2.14. The van der Waals surface area contributed by atoms with Crippen LogP contribution < -0.4 is 5.69 Å². The fourth-order valence-electron chi connectivity index (χ4n) is 1.19. The molecule has 0 aliphatic carbocycles. The Balaban J connectivity index is 2.78. The summed E-state index contributed by atoms with van der Waals surface area (Å²) in [5.41, 5.74) is -0.0463. The summed E-state index contributed by atoms with van der Waals surface area (Å²) in [5, 5.41) is 9.35. The fraction of sp³-hybridized carbons (Fsp3) is 0.667. The summed E-state index contributed by atoms with van der Waals surface area (Å²) in [4.78, 5) is 11.5. The van der Waals surface area contributed by atoms with E-state index in [0.717, 1.165) is 0 Å². The first-order valence-corrected chi connectivity index (χ1v) is 4.62. The van der Waals surface area contributed by atoms with Crippen LogP contribution in [-0.2, 0) is 13.1 Å². The number of aryl methyl sites for hydroxylation is 1. The van der Waals surface area contributed by atoms with Crippen LogP contribution in [0.15, 0.2) is 17.2 Å². The van der Waals surface area contributed by atoms with Crippen molar-refractivity contribution in [1.29, 1.82) is 0 Å². The molecule has 0 saturated heterocycles. The first-order chi connectivity index (χ1) is 6.19. The van der Waals surface area contributed by atoms with E-state index < -0.39 is 6.10 Å². The van der Waals surface area contributed by atoms with Gasteiger partial charge in [-0.3, -0.25) is 9.13 Å². The van der Waals surface area contributed by atoms with Crippen molar-refractivity contribution in [2.75, 3.05) is 0 Å². The van der Waals surface area contributed by atoms with Gasteiger partial charge in [0.05, 0.1) is 12.6 Å². The van der Waals surface area contributed by atoms with Crippen LogP contribution in [0.1, 0.15) is 20.3 Å². The monoisotopic (exact) mass is 184 g/mol. The van der Waals surface area contributed by atoms with Crippen LogP contribution in [0.3, 0.4) is 0 Å².